The highest BCUT2D eigenvalue weighted by Crippen LogP contribution is 2.39. The van der Waals surface area contributed by atoms with Crippen molar-refractivity contribution in [3.63, 3.8) is 0 Å². The first-order valence-electron chi connectivity index (χ1n) is 13.0. The lowest BCUT2D eigenvalue weighted by Crippen LogP contribution is -2.48. The van der Waals surface area contributed by atoms with Gasteiger partial charge in [-0.05, 0) is 73.6 Å². The van der Waals surface area contributed by atoms with Gasteiger partial charge in [-0.1, -0.05) is 37.5 Å². The van der Waals surface area contributed by atoms with Gasteiger partial charge in [-0.3, -0.25) is 4.90 Å². The molecular formula is C30H38N2O5. The third-order valence-electron chi connectivity index (χ3n) is 7.67. The van der Waals surface area contributed by atoms with E-state index in [1.54, 1.807) is 31.1 Å². The van der Waals surface area contributed by atoms with Gasteiger partial charge in [-0.15, -0.1) is 0 Å². The second-order valence-electron chi connectivity index (χ2n) is 10.1. The van der Waals surface area contributed by atoms with Gasteiger partial charge < -0.3 is 19.1 Å². The Morgan fingerprint density at radius 2 is 1.68 bits per heavy atom. The molecule has 7 heteroatoms. The SMILES string of the molecule is COc1cccc(C2C(C(=O)OCC3CCCCC3)=C(C)N(Cc3ccc(OC)cc3C)C(=O)N2C)c1. The van der Waals surface area contributed by atoms with Crippen LogP contribution in [0.3, 0.4) is 0 Å². The van der Waals surface area contributed by atoms with E-state index in [-0.39, 0.29) is 12.0 Å². The predicted molar refractivity (Wildman–Crippen MR) is 142 cm³/mol. The fraction of sp³-hybridized carbons (Fsp3) is 0.467. The zero-order chi connectivity index (χ0) is 26.5. The number of hydrogen-bond donors (Lipinski definition) is 0. The number of nitrogens with zero attached hydrogens (tertiary/aromatic N) is 2. The molecule has 1 aliphatic carbocycles. The molecule has 198 valence electrons. The number of esters is 1. The van der Waals surface area contributed by atoms with Crippen LogP contribution in [0.25, 0.3) is 0 Å². The third-order valence-corrected chi connectivity index (χ3v) is 7.67. The summed E-state index contributed by atoms with van der Waals surface area (Å²) in [4.78, 5) is 30.7. The zero-order valence-electron chi connectivity index (χ0n) is 22.6. The van der Waals surface area contributed by atoms with Gasteiger partial charge in [-0.25, -0.2) is 9.59 Å². The molecule has 37 heavy (non-hydrogen) atoms. The first kappa shape index (κ1) is 26.6. The maximum atomic E-state index is 13.7. The molecule has 2 aliphatic rings. The molecule has 1 unspecified atom stereocenters. The number of aryl methyl sites for hydroxylation is 1. The minimum absolute atomic E-state index is 0.177. The van der Waals surface area contributed by atoms with Gasteiger partial charge in [-0.2, -0.15) is 0 Å². The topological polar surface area (TPSA) is 68.3 Å². The van der Waals surface area contributed by atoms with Crippen molar-refractivity contribution in [1.29, 1.82) is 0 Å². The minimum Gasteiger partial charge on any atom is -0.497 e. The highest BCUT2D eigenvalue weighted by Gasteiger charge is 2.41. The fourth-order valence-electron chi connectivity index (χ4n) is 5.40. The van der Waals surface area contributed by atoms with Crippen molar-refractivity contribution in [2.45, 2.75) is 58.5 Å². The lowest BCUT2D eigenvalue weighted by molar-refractivity contribution is -0.141. The van der Waals surface area contributed by atoms with Gasteiger partial charge in [0.05, 0.1) is 39.0 Å². The Morgan fingerprint density at radius 3 is 2.35 bits per heavy atom. The van der Waals surface area contributed by atoms with Crippen molar-refractivity contribution < 1.29 is 23.8 Å². The lowest BCUT2D eigenvalue weighted by Gasteiger charge is -2.41. The molecule has 2 aromatic rings. The number of ether oxygens (including phenoxy) is 3. The van der Waals surface area contributed by atoms with Crippen LogP contribution in [-0.2, 0) is 16.1 Å². The number of benzene rings is 2. The summed E-state index contributed by atoms with van der Waals surface area (Å²) in [6, 6.07) is 12.6. The molecule has 7 nitrogen and oxygen atoms in total. The summed E-state index contributed by atoms with van der Waals surface area (Å²) in [5, 5.41) is 0. The van der Waals surface area contributed by atoms with Crippen LogP contribution in [0.5, 0.6) is 11.5 Å². The molecule has 1 fully saturated rings. The Hall–Kier alpha value is -3.48. The average Bonchev–Trinajstić information content (AvgIpc) is 2.92. The van der Waals surface area contributed by atoms with Gasteiger partial charge in [0.15, 0.2) is 0 Å². The van der Waals surface area contributed by atoms with E-state index in [0.29, 0.717) is 36.1 Å². The standard InChI is InChI=1S/C30H38N2O5/c1-20-16-26(36-5)15-14-24(20)18-32-21(2)27(29(33)37-19-22-10-7-6-8-11-22)28(31(3)30(32)34)23-12-9-13-25(17-23)35-4/h9,12-17,22,28H,6-8,10-11,18-19H2,1-5H3. The first-order chi connectivity index (χ1) is 17.8. The summed E-state index contributed by atoms with van der Waals surface area (Å²) in [5.74, 6) is 1.46. The number of carbonyl (C=O) groups is 2. The number of rotatable bonds is 8. The summed E-state index contributed by atoms with van der Waals surface area (Å²) in [6.07, 6.45) is 5.79. The van der Waals surface area contributed by atoms with Gasteiger partial charge in [0.25, 0.3) is 0 Å². The summed E-state index contributed by atoms with van der Waals surface area (Å²) in [7, 11) is 4.98. The molecule has 0 radical (unpaired) electrons. The van der Waals surface area contributed by atoms with E-state index in [1.165, 1.54) is 19.3 Å². The highest BCUT2D eigenvalue weighted by atomic mass is 16.5. The van der Waals surface area contributed by atoms with Crippen LogP contribution in [-0.4, -0.2) is 49.7 Å². The van der Waals surface area contributed by atoms with Crippen molar-refractivity contribution in [2.24, 2.45) is 5.92 Å². The van der Waals surface area contributed by atoms with Crippen molar-refractivity contribution in [3.8, 4) is 11.5 Å². The van der Waals surface area contributed by atoms with E-state index < -0.39 is 6.04 Å². The molecule has 2 aromatic carbocycles. The molecule has 2 amide bonds. The number of carbonyl (C=O) groups excluding carboxylic acids is 2. The molecule has 0 spiro atoms. The first-order valence-corrected chi connectivity index (χ1v) is 13.0. The zero-order valence-corrected chi connectivity index (χ0v) is 22.6. The Labute approximate surface area is 220 Å². The molecular weight excluding hydrogens is 468 g/mol. The summed E-state index contributed by atoms with van der Waals surface area (Å²) in [6.45, 7) is 4.59. The Kier molecular flexibility index (Phi) is 8.41. The average molecular weight is 507 g/mol. The number of methoxy groups -OCH3 is 2. The van der Waals surface area contributed by atoms with Crippen molar-refractivity contribution in [3.05, 3.63) is 70.4 Å². The molecule has 1 aliphatic heterocycles. The van der Waals surface area contributed by atoms with Crippen molar-refractivity contribution in [2.75, 3.05) is 27.9 Å². The van der Waals surface area contributed by atoms with Gasteiger partial charge >= 0.3 is 12.0 Å². The van der Waals surface area contributed by atoms with E-state index in [2.05, 4.69) is 0 Å². The van der Waals surface area contributed by atoms with E-state index in [4.69, 9.17) is 14.2 Å². The smallest absolute Gasteiger partial charge is 0.338 e. The van der Waals surface area contributed by atoms with E-state index in [1.807, 2.05) is 56.3 Å². The lowest BCUT2D eigenvalue weighted by atomic mass is 9.90. The Bertz CT molecular complexity index is 1170. The predicted octanol–water partition coefficient (Wildman–Crippen LogP) is 6.02. The number of hydrogen-bond acceptors (Lipinski definition) is 5. The van der Waals surface area contributed by atoms with Crippen LogP contribution < -0.4 is 9.47 Å². The van der Waals surface area contributed by atoms with Gasteiger partial charge in [0.2, 0.25) is 0 Å². The Morgan fingerprint density at radius 1 is 0.973 bits per heavy atom. The minimum atomic E-state index is -0.574. The number of likely N-dealkylation sites (N-methyl/N-ethyl adjacent to an activating group) is 1. The molecule has 0 aromatic heterocycles. The Balaban J connectivity index is 1.71. The van der Waals surface area contributed by atoms with E-state index in [0.717, 1.165) is 35.3 Å². The molecule has 0 saturated heterocycles. The maximum Gasteiger partial charge on any atom is 0.338 e. The number of urea groups is 1. The normalized spacial score (nSPS) is 18.7. The van der Waals surface area contributed by atoms with Crippen LogP contribution in [0.1, 0.15) is 61.8 Å². The van der Waals surface area contributed by atoms with Crippen molar-refractivity contribution in [1.82, 2.24) is 9.80 Å². The van der Waals surface area contributed by atoms with Crippen molar-refractivity contribution >= 4 is 12.0 Å². The molecule has 0 N–H and O–H groups in total. The highest BCUT2D eigenvalue weighted by molar-refractivity contribution is 5.95. The summed E-state index contributed by atoms with van der Waals surface area (Å²) in [5.41, 5.74) is 3.90. The van der Waals surface area contributed by atoms with Gasteiger partial charge in [0, 0.05) is 12.7 Å². The van der Waals surface area contributed by atoms with Crippen LogP contribution in [0.2, 0.25) is 0 Å². The summed E-state index contributed by atoms with van der Waals surface area (Å²) >= 11 is 0. The number of amides is 2. The van der Waals surface area contributed by atoms with Crippen LogP contribution in [0, 0.1) is 12.8 Å². The largest absolute Gasteiger partial charge is 0.497 e. The summed E-state index contributed by atoms with van der Waals surface area (Å²) < 4.78 is 16.7. The van der Waals surface area contributed by atoms with E-state index >= 15 is 0 Å². The monoisotopic (exact) mass is 506 g/mol. The molecule has 1 saturated carbocycles. The second-order valence-corrected chi connectivity index (χ2v) is 10.1. The molecule has 0 bridgehead atoms. The molecule has 4 rings (SSSR count). The third kappa shape index (κ3) is 5.76. The number of allylic oxidation sites excluding steroid dienone is 1. The van der Waals surface area contributed by atoms with Gasteiger partial charge in [0.1, 0.15) is 11.5 Å². The van der Waals surface area contributed by atoms with E-state index in [9.17, 15) is 9.59 Å². The maximum absolute atomic E-state index is 13.7. The quantitative estimate of drug-likeness (QED) is 0.410. The van der Waals surface area contributed by atoms with Crippen LogP contribution >= 0.6 is 0 Å². The fourth-order valence-corrected chi connectivity index (χ4v) is 5.40. The van der Waals surface area contributed by atoms with Crippen LogP contribution in [0.15, 0.2) is 53.7 Å². The second kappa shape index (κ2) is 11.7. The molecule has 1 heterocycles. The van der Waals surface area contributed by atoms with Crippen LogP contribution in [0.4, 0.5) is 4.79 Å². The molecule has 1 atom stereocenters.